The van der Waals surface area contributed by atoms with Crippen molar-refractivity contribution in [2.45, 2.75) is 33.0 Å². The highest BCUT2D eigenvalue weighted by atomic mass is 16.6. The molecule has 1 heterocycles. The predicted octanol–water partition coefficient (Wildman–Crippen LogP) is 0.485. The van der Waals surface area contributed by atoms with E-state index in [0.29, 0.717) is 13.2 Å². The summed E-state index contributed by atoms with van der Waals surface area (Å²) in [5, 5.41) is 3.20. The summed E-state index contributed by atoms with van der Waals surface area (Å²) in [5.74, 6) is 0. The van der Waals surface area contributed by atoms with Gasteiger partial charge in [0.25, 0.3) is 0 Å². The molecule has 88 valence electrons. The first kappa shape index (κ1) is 12.3. The molecule has 2 atom stereocenters. The van der Waals surface area contributed by atoms with Gasteiger partial charge in [-0.1, -0.05) is 20.8 Å². The smallest absolute Gasteiger partial charge is 0.404 e. The van der Waals surface area contributed by atoms with Gasteiger partial charge in [-0.05, 0) is 0 Å². The third-order valence-corrected chi connectivity index (χ3v) is 2.39. The van der Waals surface area contributed by atoms with Crippen LogP contribution in [-0.4, -0.2) is 38.0 Å². The van der Waals surface area contributed by atoms with Crippen molar-refractivity contribution in [3.8, 4) is 0 Å². The van der Waals surface area contributed by atoms with Crippen molar-refractivity contribution in [2.75, 3.05) is 19.7 Å². The lowest BCUT2D eigenvalue weighted by Crippen LogP contribution is -2.52. The van der Waals surface area contributed by atoms with E-state index in [-0.39, 0.29) is 17.6 Å². The molecular formula is C10H20N2O3. The summed E-state index contributed by atoms with van der Waals surface area (Å²) in [5.41, 5.74) is 4.88. The molecule has 0 aromatic rings. The molecule has 15 heavy (non-hydrogen) atoms. The van der Waals surface area contributed by atoms with Gasteiger partial charge in [0.2, 0.25) is 0 Å². The number of nitrogens with one attached hydrogen (secondary N) is 1. The zero-order valence-electron chi connectivity index (χ0n) is 9.58. The fraction of sp³-hybridized carbons (Fsp3) is 0.900. The molecule has 1 unspecified atom stereocenters. The van der Waals surface area contributed by atoms with Crippen LogP contribution in [0.5, 0.6) is 0 Å². The third kappa shape index (κ3) is 3.68. The fourth-order valence-electron chi connectivity index (χ4n) is 1.72. The largest absolute Gasteiger partial charge is 0.443 e. The molecule has 0 aromatic heterocycles. The molecule has 5 heteroatoms. The molecule has 1 rings (SSSR count). The Hall–Kier alpha value is -0.810. The third-order valence-electron chi connectivity index (χ3n) is 2.39. The lowest BCUT2D eigenvalue weighted by molar-refractivity contribution is -0.0945. The zero-order chi connectivity index (χ0) is 11.5. The van der Waals surface area contributed by atoms with E-state index in [4.69, 9.17) is 15.2 Å². The van der Waals surface area contributed by atoms with Crippen LogP contribution in [0.15, 0.2) is 0 Å². The summed E-state index contributed by atoms with van der Waals surface area (Å²) in [7, 11) is 0. The average Bonchev–Trinajstić information content (AvgIpc) is 2.14. The SMILES string of the molecule is CC(C)(C)C(OC(N)=O)[C@H]1CNCCO1. The van der Waals surface area contributed by atoms with Gasteiger partial charge in [0, 0.05) is 18.5 Å². The van der Waals surface area contributed by atoms with E-state index in [0.717, 1.165) is 6.54 Å². The van der Waals surface area contributed by atoms with E-state index in [1.807, 2.05) is 20.8 Å². The maximum atomic E-state index is 10.8. The van der Waals surface area contributed by atoms with Gasteiger partial charge < -0.3 is 20.5 Å². The zero-order valence-corrected chi connectivity index (χ0v) is 9.58. The van der Waals surface area contributed by atoms with Crippen LogP contribution in [0.3, 0.4) is 0 Å². The van der Waals surface area contributed by atoms with E-state index < -0.39 is 6.09 Å². The van der Waals surface area contributed by atoms with Gasteiger partial charge >= 0.3 is 6.09 Å². The van der Waals surface area contributed by atoms with Gasteiger partial charge in [-0.2, -0.15) is 0 Å². The molecule has 0 radical (unpaired) electrons. The van der Waals surface area contributed by atoms with E-state index in [9.17, 15) is 4.79 Å². The van der Waals surface area contributed by atoms with Crippen molar-refractivity contribution in [3.05, 3.63) is 0 Å². The van der Waals surface area contributed by atoms with Crippen molar-refractivity contribution >= 4 is 6.09 Å². The number of ether oxygens (including phenoxy) is 2. The van der Waals surface area contributed by atoms with Gasteiger partial charge in [0.15, 0.2) is 0 Å². The molecule has 0 spiro atoms. The normalized spacial score (nSPS) is 24.6. The predicted molar refractivity (Wildman–Crippen MR) is 56.5 cm³/mol. The Morgan fingerprint density at radius 2 is 2.27 bits per heavy atom. The first-order valence-corrected chi connectivity index (χ1v) is 5.19. The van der Waals surface area contributed by atoms with Crippen LogP contribution in [-0.2, 0) is 9.47 Å². The number of primary amides is 1. The second-order valence-electron chi connectivity index (χ2n) is 4.84. The van der Waals surface area contributed by atoms with Crippen molar-refractivity contribution in [1.29, 1.82) is 0 Å². The summed E-state index contributed by atoms with van der Waals surface area (Å²) in [6.07, 6.45) is -1.18. The Labute approximate surface area is 90.3 Å². The Morgan fingerprint density at radius 1 is 1.60 bits per heavy atom. The summed E-state index contributed by atoms with van der Waals surface area (Å²) >= 11 is 0. The van der Waals surface area contributed by atoms with E-state index in [1.54, 1.807) is 0 Å². The minimum absolute atomic E-state index is 0.119. The van der Waals surface area contributed by atoms with E-state index in [1.165, 1.54) is 0 Å². The van der Waals surface area contributed by atoms with Gasteiger partial charge in [0.05, 0.1) is 6.61 Å². The van der Waals surface area contributed by atoms with Crippen LogP contribution in [0.4, 0.5) is 4.79 Å². The topological polar surface area (TPSA) is 73.6 Å². The Bertz CT molecular complexity index is 219. The maximum absolute atomic E-state index is 10.8. The van der Waals surface area contributed by atoms with Gasteiger partial charge in [-0.15, -0.1) is 0 Å². The molecular weight excluding hydrogens is 196 g/mol. The summed E-state index contributed by atoms with van der Waals surface area (Å²) < 4.78 is 10.7. The average molecular weight is 216 g/mol. The number of nitrogens with two attached hydrogens (primary N) is 1. The molecule has 1 saturated heterocycles. The Kier molecular flexibility index (Phi) is 3.93. The molecule has 0 bridgehead atoms. The first-order chi connectivity index (χ1) is 6.91. The van der Waals surface area contributed by atoms with Gasteiger partial charge in [0.1, 0.15) is 12.2 Å². The van der Waals surface area contributed by atoms with Gasteiger partial charge in [-0.3, -0.25) is 0 Å². The fourth-order valence-corrected chi connectivity index (χ4v) is 1.72. The number of morpholine rings is 1. The summed E-state index contributed by atoms with van der Waals surface area (Å²) in [4.78, 5) is 10.8. The van der Waals surface area contributed by atoms with Crippen LogP contribution in [0, 0.1) is 5.41 Å². The number of amides is 1. The minimum Gasteiger partial charge on any atom is -0.443 e. The van der Waals surface area contributed by atoms with E-state index in [2.05, 4.69) is 5.32 Å². The van der Waals surface area contributed by atoms with Gasteiger partial charge in [-0.25, -0.2) is 4.79 Å². The van der Waals surface area contributed by atoms with E-state index >= 15 is 0 Å². The highest BCUT2D eigenvalue weighted by molar-refractivity contribution is 5.64. The molecule has 1 amide bonds. The van der Waals surface area contributed by atoms with Crippen molar-refractivity contribution in [3.63, 3.8) is 0 Å². The number of carbonyl (C=O) groups is 1. The summed E-state index contributed by atoms with van der Waals surface area (Å²) in [6, 6.07) is 0. The number of hydrogen-bond donors (Lipinski definition) is 2. The molecule has 1 aliphatic heterocycles. The van der Waals surface area contributed by atoms with Crippen molar-refractivity contribution in [1.82, 2.24) is 5.32 Å². The van der Waals surface area contributed by atoms with Crippen molar-refractivity contribution < 1.29 is 14.3 Å². The van der Waals surface area contributed by atoms with Crippen LogP contribution < -0.4 is 11.1 Å². The van der Waals surface area contributed by atoms with Crippen molar-refractivity contribution in [2.24, 2.45) is 11.1 Å². The molecule has 0 aromatic carbocycles. The first-order valence-electron chi connectivity index (χ1n) is 5.19. The Morgan fingerprint density at radius 3 is 2.67 bits per heavy atom. The number of hydrogen-bond acceptors (Lipinski definition) is 4. The lowest BCUT2D eigenvalue weighted by Gasteiger charge is -2.37. The van der Waals surface area contributed by atoms with Crippen LogP contribution in [0.25, 0.3) is 0 Å². The summed E-state index contributed by atoms with van der Waals surface area (Å²) in [6.45, 7) is 8.16. The molecule has 3 N–H and O–H groups in total. The van der Waals surface area contributed by atoms with Crippen LogP contribution in [0.2, 0.25) is 0 Å². The second kappa shape index (κ2) is 4.81. The number of rotatable bonds is 2. The molecule has 5 nitrogen and oxygen atoms in total. The molecule has 0 saturated carbocycles. The highest BCUT2D eigenvalue weighted by Gasteiger charge is 2.36. The molecule has 0 aliphatic carbocycles. The minimum atomic E-state index is -0.746. The van der Waals surface area contributed by atoms with Crippen LogP contribution >= 0.6 is 0 Å². The quantitative estimate of drug-likeness (QED) is 0.704. The lowest BCUT2D eigenvalue weighted by atomic mass is 9.85. The monoisotopic (exact) mass is 216 g/mol. The number of carbonyl (C=O) groups excluding carboxylic acids is 1. The highest BCUT2D eigenvalue weighted by Crippen LogP contribution is 2.27. The molecule has 1 aliphatic rings. The molecule has 1 fully saturated rings. The Balaban J connectivity index is 2.66. The standard InChI is InChI=1S/C10H20N2O3/c1-10(2,3)8(15-9(11)13)7-6-12-4-5-14-7/h7-8,12H,4-6H2,1-3H3,(H2,11,13)/t7-,8?/m1/s1. The maximum Gasteiger partial charge on any atom is 0.404 e. The van der Waals surface area contributed by atoms with Crippen LogP contribution in [0.1, 0.15) is 20.8 Å². The second-order valence-corrected chi connectivity index (χ2v) is 4.84.